The SMILES string of the molecule is CCc1ccc(COc2c(F)cccc2CCN)s1. The summed E-state index contributed by atoms with van der Waals surface area (Å²) in [6.45, 7) is 3.01. The Morgan fingerprint density at radius 1 is 1.21 bits per heavy atom. The van der Waals surface area contributed by atoms with Crippen molar-refractivity contribution in [3.05, 3.63) is 51.5 Å². The number of benzene rings is 1. The average Bonchev–Trinajstić information content (AvgIpc) is 2.86. The van der Waals surface area contributed by atoms with Crippen molar-refractivity contribution in [3.63, 3.8) is 0 Å². The lowest BCUT2D eigenvalue weighted by Gasteiger charge is -2.11. The molecule has 19 heavy (non-hydrogen) atoms. The monoisotopic (exact) mass is 279 g/mol. The molecule has 2 rings (SSSR count). The molecule has 0 bridgehead atoms. The van der Waals surface area contributed by atoms with Crippen molar-refractivity contribution in [1.82, 2.24) is 0 Å². The van der Waals surface area contributed by atoms with Gasteiger partial charge in [-0.15, -0.1) is 11.3 Å². The van der Waals surface area contributed by atoms with Gasteiger partial charge in [0.15, 0.2) is 11.6 Å². The van der Waals surface area contributed by atoms with Gasteiger partial charge in [0, 0.05) is 9.75 Å². The van der Waals surface area contributed by atoms with Crippen LogP contribution in [0.2, 0.25) is 0 Å². The summed E-state index contributed by atoms with van der Waals surface area (Å²) in [7, 11) is 0. The molecule has 0 atom stereocenters. The molecule has 4 heteroatoms. The fourth-order valence-electron chi connectivity index (χ4n) is 1.90. The van der Waals surface area contributed by atoms with Crippen LogP contribution in [0.25, 0.3) is 0 Å². The maximum atomic E-state index is 13.8. The van der Waals surface area contributed by atoms with E-state index in [1.165, 1.54) is 10.9 Å². The number of rotatable bonds is 6. The maximum Gasteiger partial charge on any atom is 0.165 e. The van der Waals surface area contributed by atoms with Crippen LogP contribution < -0.4 is 10.5 Å². The van der Waals surface area contributed by atoms with Gasteiger partial charge in [-0.1, -0.05) is 19.1 Å². The molecule has 0 aliphatic rings. The zero-order chi connectivity index (χ0) is 13.7. The van der Waals surface area contributed by atoms with Crippen LogP contribution in [0, 0.1) is 5.82 Å². The minimum atomic E-state index is -0.321. The van der Waals surface area contributed by atoms with E-state index in [-0.39, 0.29) is 5.82 Å². The van der Waals surface area contributed by atoms with Gasteiger partial charge >= 0.3 is 0 Å². The molecule has 0 spiro atoms. The molecule has 1 heterocycles. The number of aryl methyl sites for hydroxylation is 1. The van der Waals surface area contributed by atoms with E-state index in [0.29, 0.717) is 25.3 Å². The summed E-state index contributed by atoms with van der Waals surface area (Å²) >= 11 is 1.71. The second-order valence-electron chi connectivity index (χ2n) is 4.28. The average molecular weight is 279 g/mol. The van der Waals surface area contributed by atoms with Crippen LogP contribution in [-0.4, -0.2) is 6.54 Å². The molecule has 2 nitrogen and oxygen atoms in total. The van der Waals surface area contributed by atoms with Gasteiger partial charge in [-0.25, -0.2) is 4.39 Å². The lowest BCUT2D eigenvalue weighted by Crippen LogP contribution is -2.06. The highest BCUT2D eigenvalue weighted by molar-refractivity contribution is 7.11. The first-order valence-corrected chi connectivity index (χ1v) is 7.24. The van der Waals surface area contributed by atoms with Crippen LogP contribution in [0.15, 0.2) is 30.3 Å². The molecule has 0 amide bonds. The van der Waals surface area contributed by atoms with E-state index in [4.69, 9.17) is 10.5 Å². The highest BCUT2D eigenvalue weighted by Crippen LogP contribution is 2.25. The predicted molar refractivity (Wildman–Crippen MR) is 77.2 cm³/mol. The van der Waals surface area contributed by atoms with E-state index in [1.807, 2.05) is 12.1 Å². The van der Waals surface area contributed by atoms with Gasteiger partial charge in [0.1, 0.15) is 6.61 Å². The van der Waals surface area contributed by atoms with Crippen molar-refractivity contribution in [3.8, 4) is 5.75 Å². The third-order valence-corrected chi connectivity index (χ3v) is 4.09. The zero-order valence-electron chi connectivity index (χ0n) is 11.0. The molecule has 2 aromatic rings. The summed E-state index contributed by atoms with van der Waals surface area (Å²) in [4.78, 5) is 2.42. The molecule has 0 radical (unpaired) electrons. The Morgan fingerprint density at radius 2 is 2.00 bits per heavy atom. The summed E-state index contributed by atoms with van der Waals surface area (Å²) in [6.07, 6.45) is 1.64. The van der Waals surface area contributed by atoms with E-state index in [2.05, 4.69) is 13.0 Å². The maximum absolute atomic E-state index is 13.8. The van der Waals surface area contributed by atoms with Gasteiger partial charge in [0.05, 0.1) is 0 Å². The van der Waals surface area contributed by atoms with Crippen LogP contribution in [0.3, 0.4) is 0 Å². The molecule has 0 unspecified atom stereocenters. The third kappa shape index (κ3) is 3.55. The van der Waals surface area contributed by atoms with Gasteiger partial charge in [-0.05, 0) is 43.1 Å². The van der Waals surface area contributed by atoms with E-state index in [1.54, 1.807) is 17.4 Å². The van der Waals surface area contributed by atoms with Gasteiger partial charge < -0.3 is 10.5 Å². The van der Waals surface area contributed by atoms with Crippen molar-refractivity contribution in [2.75, 3.05) is 6.54 Å². The lowest BCUT2D eigenvalue weighted by molar-refractivity contribution is 0.290. The van der Waals surface area contributed by atoms with E-state index in [9.17, 15) is 4.39 Å². The molecule has 0 saturated carbocycles. The molecule has 0 aliphatic carbocycles. The van der Waals surface area contributed by atoms with Gasteiger partial charge in [0.25, 0.3) is 0 Å². The van der Waals surface area contributed by atoms with Crippen LogP contribution in [0.5, 0.6) is 5.75 Å². The Morgan fingerprint density at radius 3 is 2.68 bits per heavy atom. The standard InChI is InChI=1S/C15H18FNOS/c1-2-12-6-7-13(19-12)10-18-15-11(8-9-17)4-3-5-14(15)16/h3-7H,2,8-10,17H2,1H3. The summed E-state index contributed by atoms with van der Waals surface area (Å²) in [5.41, 5.74) is 6.36. The predicted octanol–water partition coefficient (Wildman–Crippen LogP) is 3.53. The van der Waals surface area contributed by atoms with Crippen molar-refractivity contribution >= 4 is 11.3 Å². The smallest absolute Gasteiger partial charge is 0.165 e. The summed E-state index contributed by atoms with van der Waals surface area (Å²) in [6, 6.07) is 9.09. The molecule has 0 aliphatic heterocycles. The number of ether oxygens (including phenoxy) is 1. The quantitative estimate of drug-likeness (QED) is 0.878. The fourth-order valence-corrected chi connectivity index (χ4v) is 2.77. The van der Waals surface area contributed by atoms with Crippen molar-refractivity contribution < 1.29 is 9.13 Å². The van der Waals surface area contributed by atoms with Crippen LogP contribution in [0.4, 0.5) is 4.39 Å². The van der Waals surface area contributed by atoms with Crippen LogP contribution in [-0.2, 0) is 19.4 Å². The first-order valence-electron chi connectivity index (χ1n) is 6.42. The molecular weight excluding hydrogens is 261 g/mol. The highest BCUT2D eigenvalue weighted by Gasteiger charge is 2.10. The molecule has 1 aromatic carbocycles. The summed E-state index contributed by atoms with van der Waals surface area (Å²) in [5, 5.41) is 0. The minimum absolute atomic E-state index is 0.321. The van der Waals surface area contributed by atoms with Gasteiger partial charge in [0.2, 0.25) is 0 Å². The first kappa shape index (κ1) is 14.0. The van der Waals surface area contributed by atoms with Gasteiger partial charge in [-0.3, -0.25) is 0 Å². The third-order valence-electron chi connectivity index (χ3n) is 2.89. The number of halogens is 1. The fraction of sp³-hybridized carbons (Fsp3) is 0.333. The molecule has 1 aromatic heterocycles. The molecule has 0 saturated heterocycles. The molecular formula is C15H18FNOS. The zero-order valence-corrected chi connectivity index (χ0v) is 11.8. The number of nitrogens with two attached hydrogens (primary N) is 1. The van der Waals surface area contributed by atoms with Gasteiger partial charge in [-0.2, -0.15) is 0 Å². The second kappa shape index (κ2) is 6.68. The first-order chi connectivity index (χ1) is 9.24. The largest absolute Gasteiger partial charge is 0.485 e. The molecule has 102 valence electrons. The summed E-state index contributed by atoms with van der Waals surface area (Å²) in [5.74, 6) is 0.0117. The summed E-state index contributed by atoms with van der Waals surface area (Å²) < 4.78 is 19.4. The topological polar surface area (TPSA) is 35.2 Å². The second-order valence-corrected chi connectivity index (χ2v) is 5.53. The molecule has 2 N–H and O–H groups in total. The molecule has 0 fully saturated rings. The number of hydrogen-bond acceptors (Lipinski definition) is 3. The van der Waals surface area contributed by atoms with Crippen LogP contribution >= 0.6 is 11.3 Å². The number of thiophene rings is 1. The Balaban J connectivity index is 2.09. The highest BCUT2D eigenvalue weighted by atomic mass is 32.1. The Hall–Kier alpha value is -1.39. The van der Waals surface area contributed by atoms with E-state index < -0.39 is 0 Å². The van der Waals surface area contributed by atoms with Crippen LogP contribution in [0.1, 0.15) is 22.2 Å². The Labute approximate surface area is 117 Å². The van der Waals surface area contributed by atoms with E-state index >= 15 is 0 Å². The number of hydrogen-bond donors (Lipinski definition) is 1. The Kier molecular flexibility index (Phi) is 4.93. The van der Waals surface area contributed by atoms with Crippen molar-refractivity contribution in [2.45, 2.75) is 26.4 Å². The number of para-hydroxylation sites is 1. The van der Waals surface area contributed by atoms with Crippen molar-refractivity contribution in [1.29, 1.82) is 0 Å². The van der Waals surface area contributed by atoms with Crippen molar-refractivity contribution in [2.24, 2.45) is 5.73 Å². The normalized spacial score (nSPS) is 10.7. The lowest BCUT2D eigenvalue weighted by atomic mass is 10.1. The minimum Gasteiger partial charge on any atom is -0.485 e. The Bertz CT molecular complexity index is 539. The van der Waals surface area contributed by atoms with E-state index in [0.717, 1.165) is 16.9 Å².